The standard InChI is InChI=1S/C23H28Cl3N3O4S/c1-5-15(2)27-23(31)16(3)29(13-17-6-11-20(25)21(26)12-17)22(30)14-28(4)34(32,33)19-9-7-18(24)8-10-19/h6-12,15-16H,5,13-14H2,1-4H3,(H,27,31). The van der Waals surface area contributed by atoms with Crippen LogP contribution in [0.15, 0.2) is 47.4 Å². The molecule has 0 bridgehead atoms. The first-order chi connectivity index (χ1) is 15.9. The minimum Gasteiger partial charge on any atom is -0.352 e. The van der Waals surface area contributed by atoms with Gasteiger partial charge in [0.1, 0.15) is 6.04 Å². The molecule has 11 heteroatoms. The van der Waals surface area contributed by atoms with E-state index in [1.54, 1.807) is 25.1 Å². The highest BCUT2D eigenvalue weighted by molar-refractivity contribution is 7.89. The number of amides is 2. The number of hydrogen-bond acceptors (Lipinski definition) is 4. The molecular formula is C23H28Cl3N3O4S. The molecule has 2 aromatic carbocycles. The summed E-state index contributed by atoms with van der Waals surface area (Å²) in [5.41, 5.74) is 0.647. The number of nitrogens with zero attached hydrogens (tertiary/aromatic N) is 2. The van der Waals surface area contributed by atoms with Crippen LogP contribution in [0.2, 0.25) is 15.1 Å². The highest BCUT2D eigenvalue weighted by Crippen LogP contribution is 2.24. The highest BCUT2D eigenvalue weighted by atomic mass is 35.5. The van der Waals surface area contributed by atoms with Gasteiger partial charge < -0.3 is 10.2 Å². The van der Waals surface area contributed by atoms with E-state index >= 15 is 0 Å². The second-order valence-corrected chi connectivity index (χ2v) is 11.3. The van der Waals surface area contributed by atoms with Crippen LogP contribution in [0.25, 0.3) is 0 Å². The molecule has 0 aliphatic rings. The van der Waals surface area contributed by atoms with Crippen molar-refractivity contribution in [1.29, 1.82) is 0 Å². The predicted octanol–water partition coefficient (Wildman–Crippen LogP) is 4.60. The maximum absolute atomic E-state index is 13.3. The van der Waals surface area contributed by atoms with Crippen LogP contribution in [0, 0.1) is 0 Å². The van der Waals surface area contributed by atoms with E-state index in [0.717, 1.165) is 10.7 Å². The van der Waals surface area contributed by atoms with Crippen LogP contribution in [0.5, 0.6) is 0 Å². The molecule has 0 saturated heterocycles. The zero-order chi connectivity index (χ0) is 25.6. The lowest BCUT2D eigenvalue weighted by Crippen LogP contribution is -2.51. The minimum absolute atomic E-state index is 0.00537. The van der Waals surface area contributed by atoms with Gasteiger partial charge in [0.25, 0.3) is 0 Å². The summed E-state index contributed by atoms with van der Waals surface area (Å²) in [6, 6.07) is 9.63. The first kappa shape index (κ1) is 28.4. The van der Waals surface area contributed by atoms with Crippen molar-refractivity contribution in [3.8, 4) is 0 Å². The first-order valence-electron chi connectivity index (χ1n) is 10.6. The third-order valence-electron chi connectivity index (χ3n) is 5.38. The molecule has 2 aromatic rings. The fraction of sp³-hybridized carbons (Fsp3) is 0.391. The van der Waals surface area contributed by atoms with E-state index < -0.39 is 28.5 Å². The van der Waals surface area contributed by atoms with Gasteiger partial charge in [-0.3, -0.25) is 9.59 Å². The smallest absolute Gasteiger partial charge is 0.243 e. The van der Waals surface area contributed by atoms with Gasteiger partial charge in [-0.25, -0.2) is 8.42 Å². The molecule has 2 rings (SSSR count). The molecule has 7 nitrogen and oxygen atoms in total. The molecule has 0 aliphatic carbocycles. The summed E-state index contributed by atoms with van der Waals surface area (Å²) in [4.78, 5) is 27.4. The van der Waals surface area contributed by atoms with Crippen LogP contribution in [0.1, 0.15) is 32.8 Å². The molecule has 0 aromatic heterocycles. The molecule has 0 heterocycles. The Morgan fingerprint density at radius 2 is 1.62 bits per heavy atom. The van der Waals surface area contributed by atoms with E-state index in [1.165, 1.54) is 36.2 Å². The van der Waals surface area contributed by atoms with E-state index in [-0.39, 0.29) is 23.4 Å². The van der Waals surface area contributed by atoms with Crippen LogP contribution >= 0.6 is 34.8 Å². The third kappa shape index (κ3) is 7.33. The summed E-state index contributed by atoms with van der Waals surface area (Å²) in [5, 5.41) is 3.93. The van der Waals surface area contributed by atoms with Crippen molar-refractivity contribution >= 4 is 56.6 Å². The zero-order valence-electron chi connectivity index (χ0n) is 19.4. The Kier molecular flexibility index (Phi) is 10.2. The Bertz CT molecular complexity index is 1130. The Balaban J connectivity index is 2.30. The largest absolute Gasteiger partial charge is 0.352 e. The number of carbonyl (C=O) groups is 2. The number of carbonyl (C=O) groups excluding carboxylic acids is 2. The van der Waals surface area contributed by atoms with Gasteiger partial charge in [-0.05, 0) is 62.2 Å². The van der Waals surface area contributed by atoms with Gasteiger partial charge in [0.05, 0.1) is 21.5 Å². The van der Waals surface area contributed by atoms with E-state index in [1.807, 2.05) is 13.8 Å². The van der Waals surface area contributed by atoms with E-state index in [2.05, 4.69) is 5.32 Å². The summed E-state index contributed by atoms with van der Waals surface area (Å²) >= 11 is 18.0. The molecule has 186 valence electrons. The van der Waals surface area contributed by atoms with Crippen LogP contribution in [-0.2, 0) is 26.2 Å². The van der Waals surface area contributed by atoms with Crippen LogP contribution < -0.4 is 5.32 Å². The van der Waals surface area contributed by atoms with Crippen molar-refractivity contribution in [2.24, 2.45) is 0 Å². The molecule has 0 saturated carbocycles. The number of nitrogens with one attached hydrogen (secondary N) is 1. The molecule has 1 N–H and O–H groups in total. The van der Waals surface area contributed by atoms with Gasteiger partial charge in [0.15, 0.2) is 0 Å². The Morgan fingerprint density at radius 1 is 1.00 bits per heavy atom. The number of sulfonamides is 1. The third-order valence-corrected chi connectivity index (χ3v) is 8.19. The van der Waals surface area contributed by atoms with Gasteiger partial charge in [0, 0.05) is 24.7 Å². The summed E-state index contributed by atoms with van der Waals surface area (Å²) in [6.07, 6.45) is 0.723. The molecular weight excluding hydrogens is 521 g/mol. The van der Waals surface area contributed by atoms with Crippen molar-refractivity contribution in [2.75, 3.05) is 13.6 Å². The zero-order valence-corrected chi connectivity index (χ0v) is 22.5. The molecule has 2 amide bonds. The molecule has 0 radical (unpaired) electrons. The van der Waals surface area contributed by atoms with E-state index in [9.17, 15) is 18.0 Å². The van der Waals surface area contributed by atoms with Crippen molar-refractivity contribution in [3.05, 3.63) is 63.1 Å². The number of rotatable bonds is 10. The number of hydrogen-bond donors (Lipinski definition) is 1. The van der Waals surface area contributed by atoms with Gasteiger partial charge in [-0.2, -0.15) is 4.31 Å². The average molecular weight is 549 g/mol. The van der Waals surface area contributed by atoms with Crippen molar-refractivity contribution in [3.63, 3.8) is 0 Å². The first-order valence-corrected chi connectivity index (χ1v) is 13.2. The number of likely N-dealkylation sites (N-methyl/N-ethyl adjacent to an activating group) is 1. The van der Waals surface area contributed by atoms with Crippen LogP contribution in [0.3, 0.4) is 0 Å². The van der Waals surface area contributed by atoms with Gasteiger partial charge >= 0.3 is 0 Å². The predicted molar refractivity (Wildman–Crippen MR) is 136 cm³/mol. The molecule has 0 aliphatic heterocycles. The maximum atomic E-state index is 13.3. The summed E-state index contributed by atoms with van der Waals surface area (Å²) < 4.78 is 26.8. The number of benzene rings is 2. The lowest BCUT2D eigenvalue weighted by molar-refractivity contribution is -0.140. The van der Waals surface area contributed by atoms with Crippen LogP contribution in [-0.4, -0.2) is 55.1 Å². The molecule has 34 heavy (non-hydrogen) atoms. The fourth-order valence-corrected chi connectivity index (χ4v) is 4.60. The summed E-state index contributed by atoms with van der Waals surface area (Å²) in [5.74, 6) is -0.885. The van der Waals surface area contributed by atoms with Crippen molar-refractivity contribution in [1.82, 2.24) is 14.5 Å². The quantitative estimate of drug-likeness (QED) is 0.470. The SMILES string of the molecule is CCC(C)NC(=O)C(C)N(Cc1ccc(Cl)c(Cl)c1)C(=O)CN(C)S(=O)(=O)c1ccc(Cl)cc1. The van der Waals surface area contributed by atoms with Gasteiger partial charge in [0.2, 0.25) is 21.8 Å². The van der Waals surface area contributed by atoms with Crippen molar-refractivity contribution < 1.29 is 18.0 Å². The summed E-state index contributed by atoms with van der Waals surface area (Å²) in [6.45, 7) is 4.97. The molecule has 0 spiro atoms. The lowest BCUT2D eigenvalue weighted by atomic mass is 10.1. The normalized spacial score (nSPS) is 13.4. The molecule has 2 unspecified atom stereocenters. The Morgan fingerprint density at radius 3 is 2.18 bits per heavy atom. The topological polar surface area (TPSA) is 86.8 Å². The fourth-order valence-electron chi connectivity index (χ4n) is 3.04. The second kappa shape index (κ2) is 12.2. The monoisotopic (exact) mass is 547 g/mol. The molecule has 2 atom stereocenters. The minimum atomic E-state index is -3.95. The Hall–Kier alpha value is -1.84. The van der Waals surface area contributed by atoms with Crippen LogP contribution in [0.4, 0.5) is 0 Å². The van der Waals surface area contributed by atoms with E-state index in [4.69, 9.17) is 34.8 Å². The Labute approximate surface area is 216 Å². The maximum Gasteiger partial charge on any atom is 0.243 e. The van der Waals surface area contributed by atoms with Gasteiger partial charge in [-0.15, -0.1) is 0 Å². The summed E-state index contributed by atoms with van der Waals surface area (Å²) in [7, 11) is -2.64. The van der Waals surface area contributed by atoms with Crippen molar-refractivity contribution in [2.45, 2.75) is 50.7 Å². The number of halogens is 3. The molecule has 0 fully saturated rings. The lowest BCUT2D eigenvalue weighted by Gasteiger charge is -2.31. The average Bonchev–Trinajstić information content (AvgIpc) is 2.79. The van der Waals surface area contributed by atoms with Gasteiger partial charge in [-0.1, -0.05) is 47.8 Å². The highest BCUT2D eigenvalue weighted by Gasteiger charge is 2.30. The second-order valence-electron chi connectivity index (χ2n) is 7.98. The van der Waals surface area contributed by atoms with E-state index in [0.29, 0.717) is 20.6 Å².